The molecule has 3 heterocycles. The molecule has 1 amide bonds. The maximum absolute atomic E-state index is 12.1. The van der Waals surface area contributed by atoms with E-state index in [1.807, 2.05) is 24.3 Å². The predicted octanol–water partition coefficient (Wildman–Crippen LogP) is 4.89. The lowest BCUT2D eigenvalue weighted by molar-refractivity contribution is -0.116. The summed E-state index contributed by atoms with van der Waals surface area (Å²) in [6, 6.07) is 13.9. The van der Waals surface area contributed by atoms with E-state index in [0.717, 1.165) is 21.6 Å². The molecule has 0 bridgehead atoms. The first-order valence-corrected chi connectivity index (χ1v) is 10.3. The van der Waals surface area contributed by atoms with Crippen LogP contribution >= 0.6 is 11.3 Å². The Balaban J connectivity index is 1.44. The number of hydrogen-bond acceptors (Lipinski definition) is 6. The topological polar surface area (TPSA) is 79.8 Å². The van der Waals surface area contributed by atoms with Gasteiger partial charge in [-0.25, -0.2) is 9.97 Å². The molecule has 0 aliphatic rings. The van der Waals surface area contributed by atoms with Gasteiger partial charge in [-0.1, -0.05) is 30.3 Å². The summed E-state index contributed by atoms with van der Waals surface area (Å²) in [6.45, 7) is 2.76. The molecule has 0 saturated carbocycles. The Kier molecular flexibility index (Phi) is 5.76. The lowest BCUT2D eigenvalue weighted by Crippen LogP contribution is -2.13. The molecule has 0 aliphatic heterocycles. The zero-order chi connectivity index (χ0) is 20.1. The third kappa shape index (κ3) is 4.41. The molecule has 0 fully saturated rings. The molecule has 0 saturated heterocycles. The van der Waals surface area contributed by atoms with Gasteiger partial charge >= 0.3 is 0 Å². The minimum Gasteiger partial charge on any atom is -0.369 e. The molecule has 6 nitrogen and oxygen atoms in total. The Morgan fingerprint density at radius 3 is 2.76 bits per heavy atom. The molecule has 29 heavy (non-hydrogen) atoms. The van der Waals surface area contributed by atoms with E-state index in [1.54, 1.807) is 36.1 Å². The van der Waals surface area contributed by atoms with Crippen molar-refractivity contribution in [2.24, 2.45) is 0 Å². The van der Waals surface area contributed by atoms with Crippen LogP contribution in [-0.2, 0) is 4.79 Å². The summed E-state index contributed by atoms with van der Waals surface area (Å²) < 4.78 is 0. The number of aromatic nitrogens is 3. The molecule has 4 aromatic rings. The minimum absolute atomic E-state index is 0.0241. The molecule has 2 N–H and O–H groups in total. The maximum atomic E-state index is 12.1. The maximum Gasteiger partial charge on any atom is 0.224 e. The normalized spacial score (nSPS) is 10.8. The van der Waals surface area contributed by atoms with Crippen LogP contribution in [0.3, 0.4) is 0 Å². The molecule has 0 spiro atoms. The van der Waals surface area contributed by atoms with E-state index < -0.39 is 0 Å². The van der Waals surface area contributed by atoms with Crippen LogP contribution in [0.2, 0.25) is 0 Å². The Bertz CT molecular complexity index is 1110. The Labute approximate surface area is 173 Å². The smallest absolute Gasteiger partial charge is 0.224 e. The molecule has 0 atom stereocenters. The number of pyridine rings is 1. The fourth-order valence-electron chi connectivity index (χ4n) is 3.25. The lowest BCUT2D eigenvalue weighted by Gasteiger charge is -2.09. The first kappa shape index (κ1) is 19.0. The van der Waals surface area contributed by atoms with Crippen molar-refractivity contribution in [1.29, 1.82) is 0 Å². The van der Waals surface area contributed by atoms with Gasteiger partial charge in [0.2, 0.25) is 5.91 Å². The number of nitrogens with one attached hydrogen (secondary N) is 2. The third-order valence-corrected chi connectivity index (χ3v) is 5.56. The fraction of sp³-hybridized carbons (Fsp3) is 0.182. The average Bonchev–Trinajstić information content (AvgIpc) is 3.09. The molecular formula is C22H21N5OS. The van der Waals surface area contributed by atoms with Crippen molar-refractivity contribution in [2.75, 3.05) is 17.2 Å². The van der Waals surface area contributed by atoms with Crippen LogP contribution in [0.1, 0.15) is 17.7 Å². The third-order valence-electron chi connectivity index (χ3n) is 4.55. The van der Waals surface area contributed by atoms with Crippen LogP contribution in [0.4, 0.5) is 11.5 Å². The number of aryl methyl sites for hydroxylation is 1. The summed E-state index contributed by atoms with van der Waals surface area (Å²) in [5.41, 5.74) is 3.04. The molecule has 0 unspecified atom stereocenters. The molecule has 146 valence electrons. The highest BCUT2D eigenvalue weighted by molar-refractivity contribution is 7.19. The van der Waals surface area contributed by atoms with Gasteiger partial charge in [0.1, 0.15) is 17.0 Å². The minimum atomic E-state index is -0.0241. The van der Waals surface area contributed by atoms with Crippen molar-refractivity contribution in [3.63, 3.8) is 0 Å². The van der Waals surface area contributed by atoms with Crippen molar-refractivity contribution in [2.45, 2.75) is 19.8 Å². The molecule has 0 aliphatic carbocycles. The van der Waals surface area contributed by atoms with E-state index in [0.29, 0.717) is 25.1 Å². The average molecular weight is 404 g/mol. The molecule has 3 aromatic heterocycles. The number of benzene rings is 1. The van der Waals surface area contributed by atoms with Crippen LogP contribution < -0.4 is 10.6 Å². The second-order valence-corrected chi connectivity index (χ2v) is 7.83. The number of anilines is 2. The van der Waals surface area contributed by atoms with Crippen LogP contribution in [0.25, 0.3) is 21.3 Å². The largest absolute Gasteiger partial charge is 0.369 e. The highest BCUT2D eigenvalue weighted by Crippen LogP contribution is 2.40. The zero-order valence-corrected chi connectivity index (χ0v) is 16.9. The van der Waals surface area contributed by atoms with Gasteiger partial charge in [0.15, 0.2) is 0 Å². The number of hydrogen-bond donors (Lipinski definition) is 2. The standard InChI is InChI=1S/C22H21N5OS/c1-15-19(16-7-3-2-4-8-16)20-21(25-14-26-22(20)29-15)24-12-6-10-18(28)27-17-9-5-11-23-13-17/h2-5,7-9,11,13-14H,6,10,12H2,1H3,(H,27,28)(H,24,25,26). The monoisotopic (exact) mass is 403 g/mol. The van der Waals surface area contributed by atoms with Gasteiger partial charge in [0, 0.05) is 29.6 Å². The number of rotatable bonds is 7. The van der Waals surface area contributed by atoms with Gasteiger partial charge in [-0.05, 0) is 31.0 Å². The van der Waals surface area contributed by atoms with Crippen molar-refractivity contribution >= 4 is 39.0 Å². The Hall–Kier alpha value is -3.32. The molecule has 4 rings (SSSR count). The van der Waals surface area contributed by atoms with Gasteiger partial charge < -0.3 is 10.6 Å². The van der Waals surface area contributed by atoms with E-state index >= 15 is 0 Å². The highest BCUT2D eigenvalue weighted by atomic mass is 32.1. The number of amides is 1. The summed E-state index contributed by atoms with van der Waals surface area (Å²) in [7, 11) is 0. The van der Waals surface area contributed by atoms with Gasteiger partial charge in [-0.15, -0.1) is 11.3 Å². The van der Waals surface area contributed by atoms with E-state index in [1.165, 1.54) is 10.4 Å². The summed E-state index contributed by atoms with van der Waals surface area (Å²) in [5.74, 6) is 0.787. The van der Waals surface area contributed by atoms with Crippen LogP contribution in [-0.4, -0.2) is 27.4 Å². The van der Waals surface area contributed by atoms with Gasteiger partial charge in [-0.3, -0.25) is 9.78 Å². The van der Waals surface area contributed by atoms with Crippen molar-refractivity contribution < 1.29 is 4.79 Å². The molecule has 7 heteroatoms. The first-order chi connectivity index (χ1) is 14.2. The second kappa shape index (κ2) is 8.79. The van der Waals surface area contributed by atoms with Gasteiger partial charge in [0.25, 0.3) is 0 Å². The van der Waals surface area contributed by atoms with E-state index in [4.69, 9.17) is 0 Å². The number of carbonyl (C=O) groups is 1. The van der Waals surface area contributed by atoms with Crippen LogP contribution in [0, 0.1) is 6.92 Å². The molecule has 0 radical (unpaired) electrons. The quantitative estimate of drug-likeness (QED) is 0.429. The summed E-state index contributed by atoms with van der Waals surface area (Å²) in [6.07, 6.45) is 6.02. The van der Waals surface area contributed by atoms with Crippen LogP contribution in [0.15, 0.2) is 61.2 Å². The summed E-state index contributed by atoms with van der Waals surface area (Å²) >= 11 is 1.67. The molecule has 1 aromatic carbocycles. The van der Waals surface area contributed by atoms with Crippen molar-refractivity contribution in [3.8, 4) is 11.1 Å². The number of fused-ring (bicyclic) bond motifs is 1. The highest BCUT2D eigenvalue weighted by Gasteiger charge is 2.16. The predicted molar refractivity (Wildman–Crippen MR) is 118 cm³/mol. The van der Waals surface area contributed by atoms with Crippen molar-refractivity contribution in [3.05, 3.63) is 66.1 Å². The van der Waals surface area contributed by atoms with E-state index in [-0.39, 0.29) is 5.91 Å². The Morgan fingerprint density at radius 2 is 1.97 bits per heavy atom. The van der Waals surface area contributed by atoms with E-state index in [9.17, 15) is 4.79 Å². The lowest BCUT2D eigenvalue weighted by atomic mass is 10.0. The van der Waals surface area contributed by atoms with Crippen molar-refractivity contribution in [1.82, 2.24) is 15.0 Å². The second-order valence-electron chi connectivity index (χ2n) is 6.62. The summed E-state index contributed by atoms with van der Waals surface area (Å²) in [4.78, 5) is 27.2. The summed E-state index contributed by atoms with van der Waals surface area (Å²) in [5, 5.41) is 7.29. The molecular weight excluding hydrogens is 382 g/mol. The zero-order valence-electron chi connectivity index (χ0n) is 16.1. The first-order valence-electron chi connectivity index (χ1n) is 9.45. The van der Waals surface area contributed by atoms with Gasteiger partial charge in [-0.2, -0.15) is 0 Å². The van der Waals surface area contributed by atoms with E-state index in [2.05, 4.69) is 44.6 Å². The fourth-order valence-corrected chi connectivity index (χ4v) is 4.26. The number of carbonyl (C=O) groups excluding carboxylic acids is 1. The number of thiophene rings is 1. The van der Waals surface area contributed by atoms with Crippen LogP contribution in [0.5, 0.6) is 0 Å². The Morgan fingerprint density at radius 1 is 1.10 bits per heavy atom. The van der Waals surface area contributed by atoms with Gasteiger partial charge in [0.05, 0.1) is 17.3 Å². The number of nitrogens with zero attached hydrogens (tertiary/aromatic N) is 3. The SMILES string of the molecule is Cc1sc2ncnc(NCCCC(=O)Nc3cccnc3)c2c1-c1ccccc1.